The van der Waals surface area contributed by atoms with Crippen LogP contribution in [0.3, 0.4) is 0 Å². The van der Waals surface area contributed by atoms with E-state index in [1.165, 1.54) is 6.07 Å². The van der Waals surface area contributed by atoms with Crippen LogP contribution < -0.4 is 15.8 Å². The molecule has 1 fully saturated rings. The van der Waals surface area contributed by atoms with Crippen LogP contribution in [0.1, 0.15) is 0 Å². The van der Waals surface area contributed by atoms with Gasteiger partial charge in [0.2, 0.25) is 10.0 Å². The summed E-state index contributed by atoms with van der Waals surface area (Å²) in [7, 11) is -3.67. The van der Waals surface area contributed by atoms with Gasteiger partial charge in [0, 0.05) is 24.6 Å². The van der Waals surface area contributed by atoms with Crippen molar-refractivity contribution in [3.05, 3.63) is 18.2 Å². The lowest BCUT2D eigenvalue weighted by molar-refractivity contribution is 0.598. The largest absolute Gasteiger partial charge is 0.397 e. The van der Waals surface area contributed by atoms with E-state index in [0.717, 1.165) is 30.3 Å². The number of benzene rings is 1. The fourth-order valence-electron chi connectivity index (χ4n) is 1.78. The summed E-state index contributed by atoms with van der Waals surface area (Å²) < 4.78 is 22.6. The Morgan fingerprint density at radius 1 is 1.24 bits per heavy atom. The Labute approximate surface area is 105 Å². The van der Waals surface area contributed by atoms with Crippen LogP contribution in [0.5, 0.6) is 0 Å². The van der Waals surface area contributed by atoms with Crippen LogP contribution in [-0.2, 0) is 10.0 Å². The molecule has 4 N–H and O–H groups in total. The van der Waals surface area contributed by atoms with Gasteiger partial charge in [-0.15, -0.1) is 0 Å². The maximum atomic E-state index is 11.3. The minimum Gasteiger partial charge on any atom is -0.397 e. The van der Waals surface area contributed by atoms with E-state index in [1.807, 2.05) is 11.8 Å². The van der Waals surface area contributed by atoms with E-state index in [-0.39, 0.29) is 4.90 Å². The summed E-state index contributed by atoms with van der Waals surface area (Å²) in [6, 6.07) is 4.59. The van der Waals surface area contributed by atoms with Crippen molar-refractivity contribution < 1.29 is 8.42 Å². The van der Waals surface area contributed by atoms with Gasteiger partial charge in [-0.2, -0.15) is 11.8 Å². The van der Waals surface area contributed by atoms with Crippen LogP contribution in [-0.4, -0.2) is 33.0 Å². The molecule has 0 aliphatic carbocycles. The molecule has 0 unspecified atom stereocenters. The summed E-state index contributed by atoms with van der Waals surface area (Å²) in [6.45, 7) is 1.76. The van der Waals surface area contributed by atoms with Crippen molar-refractivity contribution in [3.63, 3.8) is 0 Å². The van der Waals surface area contributed by atoms with Gasteiger partial charge in [0.1, 0.15) is 0 Å². The molecule has 2 rings (SSSR count). The predicted molar refractivity (Wildman–Crippen MR) is 71.8 cm³/mol. The molecule has 0 atom stereocenters. The number of primary sulfonamides is 1. The van der Waals surface area contributed by atoms with Gasteiger partial charge in [-0.25, -0.2) is 13.6 Å². The first-order valence-electron chi connectivity index (χ1n) is 5.23. The summed E-state index contributed by atoms with van der Waals surface area (Å²) in [5.74, 6) is 2.05. The summed E-state index contributed by atoms with van der Waals surface area (Å²) in [6.07, 6.45) is 0. The number of hydrogen-bond acceptors (Lipinski definition) is 5. The second-order valence-corrected chi connectivity index (χ2v) is 6.65. The van der Waals surface area contributed by atoms with E-state index < -0.39 is 10.0 Å². The summed E-state index contributed by atoms with van der Waals surface area (Å²) in [4.78, 5) is 2.21. The van der Waals surface area contributed by atoms with Gasteiger partial charge >= 0.3 is 0 Å². The first-order chi connectivity index (χ1) is 7.98. The third kappa shape index (κ3) is 2.85. The van der Waals surface area contributed by atoms with Crippen molar-refractivity contribution in [2.24, 2.45) is 5.14 Å². The smallest absolute Gasteiger partial charge is 0.238 e. The second kappa shape index (κ2) is 4.75. The highest BCUT2D eigenvalue weighted by Crippen LogP contribution is 2.28. The monoisotopic (exact) mass is 273 g/mol. The van der Waals surface area contributed by atoms with E-state index in [1.54, 1.807) is 12.1 Å². The van der Waals surface area contributed by atoms with Crippen molar-refractivity contribution in [2.75, 3.05) is 35.2 Å². The number of nitrogens with zero attached hydrogens (tertiary/aromatic N) is 1. The summed E-state index contributed by atoms with van der Waals surface area (Å²) >= 11 is 1.88. The van der Waals surface area contributed by atoms with Gasteiger partial charge in [-0.05, 0) is 18.2 Å². The van der Waals surface area contributed by atoms with Gasteiger partial charge in [-0.3, -0.25) is 0 Å². The third-order valence-electron chi connectivity index (χ3n) is 2.68. The SMILES string of the molecule is Nc1ccc(S(N)(=O)=O)cc1N1CCSCC1. The number of nitrogen functional groups attached to an aromatic ring is 1. The molecule has 7 heteroatoms. The average Bonchev–Trinajstić information content (AvgIpc) is 2.29. The molecule has 1 heterocycles. The average molecular weight is 273 g/mol. The van der Waals surface area contributed by atoms with E-state index >= 15 is 0 Å². The Hall–Kier alpha value is -0.920. The Morgan fingerprint density at radius 3 is 2.47 bits per heavy atom. The Balaban J connectivity index is 2.38. The molecule has 17 heavy (non-hydrogen) atoms. The zero-order chi connectivity index (χ0) is 12.5. The van der Waals surface area contributed by atoms with Gasteiger partial charge in [0.15, 0.2) is 0 Å². The van der Waals surface area contributed by atoms with Crippen molar-refractivity contribution in [3.8, 4) is 0 Å². The molecule has 94 valence electrons. The molecule has 1 aromatic carbocycles. The number of sulfonamides is 1. The summed E-state index contributed by atoms with van der Waals surface area (Å²) in [5, 5.41) is 5.11. The lowest BCUT2D eigenvalue weighted by Gasteiger charge is -2.29. The lowest BCUT2D eigenvalue weighted by Crippen LogP contribution is -2.33. The molecule has 1 saturated heterocycles. The second-order valence-electron chi connectivity index (χ2n) is 3.87. The minimum atomic E-state index is -3.67. The molecule has 5 nitrogen and oxygen atoms in total. The molecular formula is C10H15N3O2S2. The van der Waals surface area contributed by atoms with Crippen LogP contribution in [0, 0.1) is 0 Å². The van der Waals surface area contributed by atoms with Gasteiger partial charge in [0.05, 0.1) is 16.3 Å². The molecule has 0 bridgehead atoms. The molecule has 1 aromatic rings. The van der Waals surface area contributed by atoms with Crippen molar-refractivity contribution in [1.29, 1.82) is 0 Å². The fraction of sp³-hybridized carbons (Fsp3) is 0.400. The van der Waals surface area contributed by atoms with Crippen molar-refractivity contribution >= 4 is 33.2 Å². The van der Waals surface area contributed by atoms with Crippen LogP contribution in [0.4, 0.5) is 11.4 Å². The highest BCUT2D eigenvalue weighted by atomic mass is 32.2. The van der Waals surface area contributed by atoms with Crippen LogP contribution in [0.25, 0.3) is 0 Å². The summed E-state index contributed by atoms with van der Waals surface area (Å²) in [5.41, 5.74) is 7.23. The maximum Gasteiger partial charge on any atom is 0.238 e. The van der Waals surface area contributed by atoms with E-state index in [4.69, 9.17) is 10.9 Å². The number of anilines is 2. The Morgan fingerprint density at radius 2 is 1.88 bits per heavy atom. The number of thioether (sulfide) groups is 1. The molecule has 0 amide bonds. The predicted octanol–water partition coefficient (Wildman–Crippen LogP) is 0.469. The number of nitrogens with two attached hydrogens (primary N) is 2. The minimum absolute atomic E-state index is 0.111. The topological polar surface area (TPSA) is 89.4 Å². The standard InChI is InChI=1S/C10H15N3O2S2/c11-9-2-1-8(17(12,14)15)7-10(9)13-3-5-16-6-4-13/h1-2,7H,3-6,11H2,(H2,12,14,15). The highest BCUT2D eigenvalue weighted by molar-refractivity contribution is 7.99. The first kappa shape index (κ1) is 12.5. The van der Waals surface area contributed by atoms with Crippen LogP contribution in [0.2, 0.25) is 0 Å². The zero-order valence-corrected chi connectivity index (χ0v) is 10.9. The highest BCUT2D eigenvalue weighted by Gasteiger charge is 2.16. The molecule has 0 radical (unpaired) electrons. The Kier molecular flexibility index (Phi) is 3.50. The van der Waals surface area contributed by atoms with E-state index in [0.29, 0.717) is 5.69 Å². The van der Waals surface area contributed by atoms with Crippen LogP contribution in [0.15, 0.2) is 23.1 Å². The quantitative estimate of drug-likeness (QED) is 0.765. The van der Waals surface area contributed by atoms with Crippen molar-refractivity contribution in [2.45, 2.75) is 4.90 Å². The number of rotatable bonds is 2. The first-order valence-corrected chi connectivity index (χ1v) is 7.93. The van der Waals surface area contributed by atoms with Crippen molar-refractivity contribution in [1.82, 2.24) is 0 Å². The normalized spacial score (nSPS) is 17.1. The van der Waals surface area contributed by atoms with Crippen LogP contribution >= 0.6 is 11.8 Å². The molecule has 1 aliphatic heterocycles. The maximum absolute atomic E-state index is 11.3. The Bertz CT molecular complexity index is 510. The molecule has 1 aliphatic rings. The molecular weight excluding hydrogens is 258 g/mol. The number of hydrogen-bond donors (Lipinski definition) is 2. The lowest BCUT2D eigenvalue weighted by atomic mass is 10.2. The van der Waals surface area contributed by atoms with Gasteiger partial charge < -0.3 is 10.6 Å². The van der Waals surface area contributed by atoms with E-state index in [9.17, 15) is 8.42 Å². The van der Waals surface area contributed by atoms with Gasteiger partial charge in [0.25, 0.3) is 0 Å². The third-order valence-corrected chi connectivity index (χ3v) is 4.54. The fourth-order valence-corrected chi connectivity index (χ4v) is 3.22. The zero-order valence-electron chi connectivity index (χ0n) is 9.30. The molecule has 0 aromatic heterocycles. The molecule has 0 spiro atoms. The molecule has 0 saturated carbocycles. The van der Waals surface area contributed by atoms with Gasteiger partial charge in [-0.1, -0.05) is 0 Å². The van der Waals surface area contributed by atoms with E-state index in [2.05, 4.69) is 4.90 Å².